The van der Waals surface area contributed by atoms with Crippen LogP contribution in [0, 0.1) is 5.82 Å². The Balaban J connectivity index is 1.86. The summed E-state index contributed by atoms with van der Waals surface area (Å²) < 4.78 is 19.4. The van der Waals surface area contributed by atoms with Gasteiger partial charge in [0.05, 0.1) is 10.6 Å². The van der Waals surface area contributed by atoms with Crippen LogP contribution in [-0.2, 0) is 4.74 Å². The van der Waals surface area contributed by atoms with Crippen LogP contribution in [0.5, 0.6) is 0 Å². The highest BCUT2D eigenvalue weighted by molar-refractivity contribution is 9.10. The Hall–Kier alpha value is -0.450. The van der Waals surface area contributed by atoms with Crippen LogP contribution in [0.25, 0.3) is 0 Å². The lowest BCUT2D eigenvalue weighted by Gasteiger charge is -2.18. The van der Waals surface area contributed by atoms with Crippen molar-refractivity contribution in [3.05, 3.63) is 34.1 Å². The maximum absolute atomic E-state index is 13.2. The largest absolute Gasteiger partial charge is 0.378 e. The summed E-state index contributed by atoms with van der Waals surface area (Å²) in [5, 5.41) is 3.31. The molecule has 2 nitrogen and oxygen atoms in total. The maximum atomic E-state index is 13.2. The fourth-order valence-electron chi connectivity index (χ4n) is 2.63. The molecule has 0 spiro atoms. The van der Waals surface area contributed by atoms with Crippen LogP contribution in [0.3, 0.4) is 0 Å². The summed E-state index contributed by atoms with van der Waals surface area (Å²) >= 11 is 3.24. The van der Waals surface area contributed by atoms with Gasteiger partial charge in [-0.3, -0.25) is 0 Å². The van der Waals surface area contributed by atoms with Crippen LogP contribution in [0.1, 0.15) is 43.7 Å². The van der Waals surface area contributed by atoms with Crippen molar-refractivity contribution in [2.75, 3.05) is 13.7 Å². The van der Waals surface area contributed by atoms with Crippen LogP contribution >= 0.6 is 15.9 Å². The Labute approximate surface area is 122 Å². The van der Waals surface area contributed by atoms with Crippen LogP contribution in [-0.4, -0.2) is 19.8 Å². The van der Waals surface area contributed by atoms with Gasteiger partial charge in [-0.1, -0.05) is 6.07 Å². The molecule has 2 rings (SSSR count). The van der Waals surface area contributed by atoms with E-state index in [2.05, 4.69) is 21.2 Å². The third-order valence-electron chi connectivity index (χ3n) is 3.74. The molecule has 19 heavy (non-hydrogen) atoms. The van der Waals surface area contributed by atoms with Crippen molar-refractivity contribution in [1.29, 1.82) is 0 Å². The summed E-state index contributed by atoms with van der Waals surface area (Å²) in [6, 6.07) is 5.51. The molecule has 0 aromatic heterocycles. The van der Waals surface area contributed by atoms with E-state index in [1.54, 1.807) is 0 Å². The fourth-order valence-corrected chi connectivity index (χ4v) is 3.02. The standard InChI is InChI=1S/C15H21BrFNO/c1-18-15(6-2-4-12-5-3-9-19-12)11-7-8-14(17)13(16)10-11/h7-8,10,12,15,18H,2-6,9H2,1H3. The summed E-state index contributed by atoms with van der Waals surface area (Å²) in [6.45, 7) is 0.922. The second-order valence-electron chi connectivity index (χ2n) is 5.08. The Bertz CT molecular complexity index is 407. The molecule has 1 N–H and O–H groups in total. The van der Waals surface area contributed by atoms with Gasteiger partial charge in [0.15, 0.2) is 0 Å². The topological polar surface area (TPSA) is 21.3 Å². The van der Waals surface area contributed by atoms with Crippen molar-refractivity contribution < 1.29 is 9.13 Å². The first-order chi connectivity index (χ1) is 9.20. The molecule has 1 aromatic carbocycles. The van der Waals surface area contributed by atoms with E-state index in [4.69, 9.17) is 4.74 Å². The highest BCUT2D eigenvalue weighted by atomic mass is 79.9. The van der Waals surface area contributed by atoms with Crippen molar-refractivity contribution in [3.63, 3.8) is 0 Å². The Morgan fingerprint density at radius 1 is 1.53 bits per heavy atom. The quantitative estimate of drug-likeness (QED) is 0.844. The lowest BCUT2D eigenvalue weighted by atomic mass is 9.99. The van der Waals surface area contributed by atoms with Gasteiger partial charge in [0.1, 0.15) is 5.82 Å². The summed E-state index contributed by atoms with van der Waals surface area (Å²) in [6.07, 6.45) is 6.16. The lowest BCUT2D eigenvalue weighted by molar-refractivity contribution is 0.101. The molecule has 0 saturated carbocycles. The molecule has 1 heterocycles. The second-order valence-corrected chi connectivity index (χ2v) is 5.94. The summed E-state index contributed by atoms with van der Waals surface area (Å²) in [7, 11) is 1.95. The van der Waals surface area contributed by atoms with E-state index in [-0.39, 0.29) is 11.9 Å². The number of nitrogens with one attached hydrogen (secondary N) is 1. The van der Waals surface area contributed by atoms with Gasteiger partial charge >= 0.3 is 0 Å². The first kappa shape index (κ1) is 14.9. The molecule has 106 valence electrons. The van der Waals surface area contributed by atoms with Crippen molar-refractivity contribution in [1.82, 2.24) is 5.32 Å². The van der Waals surface area contributed by atoms with Gasteiger partial charge in [-0.25, -0.2) is 4.39 Å². The average molecular weight is 330 g/mol. The molecule has 1 saturated heterocycles. The molecule has 4 heteroatoms. The van der Waals surface area contributed by atoms with Crippen LogP contribution in [0.4, 0.5) is 4.39 Å². The van der Waals surface area contributed by atoms with Gasteiger partial charge in [-0.05, 0) is 72.8 Å². The third kappa shape index (κ3) is 4.26. The number of ether oxygens (including phenoxy) is 1. The Kier molecular flexibility index (Phi) is 5.79. The minimum absolute atomic E-state index is 0.210. The van der Waals surface area contributed by atoms with Gasteiger partial charge in [-0.15, -0.1) is 0 Å². The Morgan fingerprint density at radius 2 is 2.37 bits per heavy atom. The highest BCUT2D eigenvalue weighted by Gasteiger charge is 2.16. The monoisotopic (exact) mass is 329 g/mol. The third-order valence-corrected chi connectivity index (χ3v) is 4.35. The maximum Gasteiger partial charge on any atom is 0.137 e. The SMILES string of the molecule is CNC(CCCC1CCCO1)c1ccc(F)c(Br)c1. The average Bonchev–Trinajstić information content (AvgIpc) is 2.91. The van der Waals surface area contributed by atoms with Crippen molar-refractivity contribution >= 4 is 15.9 Å². The minimum Gasteiger partial charge on any atom is -0.378 e. The molecule has 1 aliphatic rings. The van der Waals surface area contributed by atoms with E-state index in [0.717, 1.165) is 31.4 Å². The van der Waals surface area contributed by atoms with E-state index in [1.807, 2.05) is 19.2 Å². The van der Waals surface area contributed by atoms with Crippen molar-refractivity contribution in [2.24, 2.45) is 0 Å². The summed E-state index contributed by atoms with van der Waals surface area (Å²) in [5.74, 6) is -0.210. The zero-order valence-electron chi connectivity index (χ0n) is 11.3. The lowest BCUT2D eigenvalue weighted by Crippen LogP contribution is -2.17. The zero-order valence-corrected chi connectivity index (χ0v) is 12.9. The zero-order chi connectivity index (χ0) is 13.7. The molecule has 0 radical (unpaired) electrons. The molecule has 1 fully saturated rings. The molecule has 1 aliphatic heterocycles. The van der Waals surface area contributed by atoms with Crippen LogP contribution < -0.4 is 5.32 Å². The molecular formula is C15H21BrFNO. The van der Waals surface area contributed by atoms with E-state index >= 15 is 0 Å². The van der Waals surface area contributed by atoms with E-state index in [1.165, 1.54) is 18.9 Å². The molecular weight excluding hydrogens is 309 g/mol. The molecule has 2 unspecified atom stereocenters. The summed E-state index contributed by atoms with van der Waals surface area (Å²) in [4.78, 5) is 0. The molecule has 0 amide bonds. The number of benzene rings is 1. The fraction of sp³-hybridized carbons (Fsp3) is 0.600. The normalized spacial score (nSPS) is 20.7. The van der Waals surface area contributed by atoms with Gasteiger partial charge in [0.25, 0.3) is 0 Å². The number of halogens is 2. The first-order valence-corrected chi connectivity index (χ1v) is 7.74. The summed E-state index contributed by atoms with van der Waals surface area (Å²) in [5.41, 5.74) is 1.13. The Morgan fingerprint density at radius 3 is 3.00 bits per heavy atom. The van der Waals surface area contributed by atoms with Gasteiger partial charge in [0, 0.05) is 12.6 Å². The molecule has 2 atom stereocenters. The first-order valence-electron chi connectivity index (χ1n) is 6.94. The van der Waals surface area contributed by atoms with E-state index < -0.39 is 0 Å². The predicted molar refractivity (Wildman–Crippen MR) is 78.7 cm³/mol. The number of hydrogen-bond donors (Lipinski definition) is 1. The number of hydrogen-bond acceptors (Lipinski definition) is 2. The van der Waals surface area contributed by atoms with Crippen molar-refractivity contribution in [2.45, 2.75) is 44.2 Å². The van der Waals surface area contributed by atoms with Gasteiger partial charge in [-0.2, -0.15) is 0 Å². The van der Waals surface area contributed by atoms with Crippen molar-refractivity contribution in [3.8, 4) is 0 Å². The highest BCUT2D eigenvalue weighted by Crippen LogP contribution is 2.26. The molecule has 1 aromatic rings. The number of rotatable bonds is 6. The van der Waals surface area contributed by atoms with E-state index in [0.29, 0.717) is 10.6 Å². The molecule has 0 aliphatic carbocycles. The van der Waals surface area contributed by atoms with Gasteiger partial charge < -0.3 is 10.1 Å². The second kappa shape index (κ2) is 7.36. The molecule has 0 bridgehead atoms. The van der Waals surface area contributed by atoms with E-state index in [9.17, 15) is 4.39 Å². The predicted octanol–water partition coefficient (Wildman–Crippen LogP) is 4.20. The van der Waals surface area contributed by atoms with Crippen LogP contribution in [0.15, 0.2) is 22.7 Å². The minimum atomic E-state index is -0.210. The van der Waals surface area contributed by atoms with Crippen LogP contribution in [0.2, 0.25) is 0 Å². The smallest absolute Gasteiger partial charge is 0.137 e. The van der Waals surface area contributed by atoms with Gasteiger partial charge in [0.2, 0.25) is 0 Å².